The quantitative estimate of drug-likeness (QED) is 0.664. The van der Waals surface area contributed by atoms with Gasteiger partial charge in [0.05, 0.1) is 16.5 Å². The number of hydrogen-bond acceptors (Lipinski definition) is 5. The summed E-state index contributed by atoms with van der Waals surface area (Å²) in [4.78, 5) is 12.4. The molecule has 1 aliphatic rings. The van der Waals surface area contributed by atoms with Crippen molar-refractivity contribution >= 4 is 44.8 Å². The Bertz CT molecular complexity index is 1000. The predicted octanol–water partition coefficient (Wildman–Crippen LogP) is 2.70. The predicted molar refractivity (Wildman–Crippen MR) is 112 cm³/mol. The molecule has 0 radical (unpaired) electrons. The van der Waals surface area contributed by atoms with E-state index in [1.54, 1.807) is 36.4 Å². The molecule has 1 saturated heterocycles. The van der Waals surface area contributed by atoms with Gasteiger partial charge in [-0.05, 0) is 36.8 Å². The van der Waals surface area contributed by atoms with Crippen molar-refractivity contribution in [2.75, 3.05) is 29.8 Å². The number of amides is 1. The summed E-state index contributed by atoms with van der Waals surface area (Å²) >= 11 is 11.9. The van der Waals surface area contributed by atoms with Gasteiger partial charge in [-0.15, -0.1) is 0 Å². The van der Waals surface area contributed by atoms with Crippen LogP contribution >= 0.6 is 23.2 Å². The minimum Gasteiger partial charge on any atom is -0.489 e. The van der Waals surface area contributed by atoms with Crippen LogP contribution in [0.5, 0.6) is 5.75 Å². The van der Waals surface area contributed by atoms with Gasteiger partial charge >= 0.3 is 0 Å². The van der Waals surface area contributed by atoms with E-state index in [1.165, 1.54) is 10.4 Å². The number of hydrogen-bond donors (Lipinski definition) is 2. The molecule has 0 spiro atoms. The minimum absolute atomic E-state index is 0.0523. The number of ether oxygens (including phenoxy) is 1. The summed E-state index contributed by atoms with van der Waals surface area (Å²) in [6, 6.07) is 11.3. The summed E-state index contributed by atoms with van der Waals surface area (Å²) in [5.74, 6) is 0.0130. The van der Waals surface area contributed by atoms with Crippen LogP contribution in [0.4, 0.5) is 5.69 Å². The molecule has 1 aliphatic heterocycles. The minimum atomic E-state index is -3.32. The van der Waals surface area contributed by atoms with Crippen LogP contribution in [0.25, 0.3) is 0 Å². The summed E-state index contributed by atoms with van der Waals surface area (Å²) in [7, 11) is -3.32. The zero-order valence-corrected chi connectivity index (χ0v) is 17.7. The molecule has 0 saturated carbocycles. The van der Waals surface area contributed by atoms with Crippen LogP contribution in [0.3, 0.4) is 0 Å². The molecule has 0 bridgehead atoms. The fourth-order valence-electron chi connectivity index (χ4n) is 2.88. The standard InChI is InChI=1S/C19H20Cl2N2O5S/c20-16-6-2-7-17(18(16)21)28-12-15(24)11-22-19(25)13-4-1-5-14(10-13)23-8-3-9-29(23,26)27/h1-2,4-7,10,15,24H,3,8-9,11-12H2,(H,22,25). The van der Waals surface area contributed by atoms with Gasteiger partial charge in [0.15, 0.2) is 0 Å². The highest BCUT2D eigenvalue weighted by molar-refractivity contribution is 7.93. The summed E-state index contributed by atoms with van der Waals surface area (Å²) in [5.41, 5.74) is 0.755. The molecule has 1 amide bonds. The largest absolute Gasteiger partial charge is 0.489 e. The van der Waals surface area contributed by atoms with Gasteiger partial charge < -0.3 is 15.2 Å². The zero-order chi connectivity index (χ0) is 21.0. The molecule has 1 heterocycles. The first-order valence-corrected chi connectivity index (χ1v) is 11.3. The first-order chi connectivity index (χ1) is 13.8. The highest BCUT2D eigenvalue weighted by Crippen LogP contribution is 2.31. The van der Waals surface area contributed by atoms with Crippen molar-refractivity contribution in [2.45, 2.75) is 12.5 Å². The number of sulfonamides is 1. The Balaban J connectivity index is 1.55. The van der Waals surface area contributed by atoms with E-state index >= 15 is 0 Å². The maximum absolute atomic E-state index is 12.4. The number of anilines is 1. The van der Waals surface area contributed by atoms with Gasteiger partial charge in [-0.3, -0.25) is 9.10 Å². The molecule has 1 fully saturated rings. The molecule has 2 aromatic carbocycles. The van der Waals surface area contributed by atoms with Crippen LogP contribution in [0.2, 0.25) is 10.0 Å². The van der Waals surface area contributed by atoms with E-state index in [-0.39, 0.29) is 23.9 Å². The molecule has 0 aliphatic carbocycles. The van der Waals surface area contributed by atoms with Crippen molar-refractivity contribution in [3.63, 3.8) is 0 Å². The monoisotopic (exact) mass is 458 g/mol. The van der Waals surface area contributed by atoms with Gasteiger partial charge in [-0.25, -0.2) is 8.42 Å². The molecule has 3 rings (SSSR count). The maximum atomic E-state index is 12.4. The van der Waals surface area contributed by atoms with Crippen LogP contribution in [0.15, 0.2) is 42.5 Å². The van der Waals surface area contributed by atoms with E-state index in [9.17, 15) is 18.3 Å². The Labute approximate surface area is 179 Å². The lowest BCUT2D eigenvalue weighted by Crippen LogP contribution is -2.35. The second-order valence-electron chi connectivity index (χ2n) is 6.52. The molecule has 2 aromatic rings. The third-order valence-corrected chi connectivity index (χ3v) is 7.01. The normalized spacial score (nSPS) is 16.4. The highest BCUT2D eigenvalue weighted by atomic mass is 35.5. The van der Waals surface area contributed by atoms with Crippen LogP contribution in [0.1, 0.15) is 16.8 Å². The third-order valence-electron chi connectivity index (χ3n) is 4.34. The number of nitrogens with zero attached hydrogens (tertiary/aromatic N) is 1. The molecule has 10 heteroatoms. The lowest BCUT2D eigenvalue weighted by molar-refractivity contribution is 0.0844. The SMILES string of the molecule is O=C(NCC(O)COc1cccc(Cl)c1Cl)c1cccc(N2CCCS2(=O)=O)c1. The Hall–Kier alpha value is -2.00. The Morgan fingerprint density at radius 1 is 1.24 bits per heavy atom. The van der Waals surface area contributed by atoms with E-state index in [2.05, 4.69) is 5.32 Å². The van der Waals surface area contributed by atoms with E-state index in [1.807, 2.05) is 0 Å². The fraction of sp³-hybridized carbons (Fsp3) is 0.316. The average molecular weight is 459 g/mol. The van der Waals surface area contributed by atoms with E-state index < -0.39 is 22.0 Å². The number of aliphatic hydroxyl groups is 1. The zero-order valence-electron chi connectivity index (χ0n) is 15.3. The fourth-order valence-corrected chi connectivity index (χ4v) is 4.79. The molecule has 2 N–H and O–H groups in total. The average Bonchev–Trinajstić information content (AvgIpc) is 3.06. The number of carbonyl (C=O) groups excluding carboxylic acids is 1. The van der Waals surface area contributed by atoms with Crippen molar-refractivity contribution < 1.29 is 23.1 Å². The van der Waals surface area contributed by atoms with Gasteiger partial charge in [-0.1, -0.05) is 35.3 Å². The van der Waals surface area contributed by atoms with Crippen LogP contribution in [0, 0.1) is 0 Å². The maximum Gasteiger partial charge on any atom is 0.251 e. The third kappa shape index (κ3) is 5.33. The van der Waals surface area contributed by atoms with Crippen molar-refractivity contribution in [1.29, 1.82) is 0 Å². The molecule has 29 heavy (non-hydrogen) atoms. The van der Waals surface area contributed by atoms with Crippen LogP contribution < -0.4 is 14.4 Å². The van der Waals surface area contributed by atoms with Crippen LogP contribution in [-0.4, -0.2) is 51.0 Å². The number of nitrogens with one attached hydrogen (secondary N) is 1. The Kier molecular flexibility index (Phi) is 6.89. The smallest absolute Gasteiger partial charge is 0.251 e. The number of halogens is 2. The second kappa shape index (κ2) is 9.21. The summed E-state index contributed by atoms with van der Waals surface area (Å²) < 4.78 is 30.8. The van der Waals surface area contributed by atoms with Crippen LogP contribution in [-0.2, 0) is 10.0 Å². The number of aliphatic hydroxyl groups excluding tert-OH is 1. The lowest BCUT2D eigenvalue weighted by Gasteiger charge is -2.18. The first kappa shape index (κ1) is 21.7. The van der Waals surface area contributed by atoms with Gasteiger partial charge in [0.1, 0.15) is 23.5 Å². The van der Waals surface area contributed by atoms with Gasteiger partial charge in [0.2, 0.25) is 10.0 Å². The van der Waals surface area contributed by atoms with Crippen molar-refractivity contribution in [2.24, 2.45) is 0 Å². The number of carbonyl (C=O) groups is 1. The summed E-state index contributed by atoms with van der Waals surface area (Å²) in [6.45, 7) is 0.255. The first-order valence-electron chi connectivity index (χ1n) is 8.91. The highest BCUT2D eigenvalue weighted by Gasteiger charge is 2.28. The van der Waals surface area contributed by atoms with Gasteiger partial charge in [-0.2, -0.15) is 0 Å². The molecule has 1 atom stereocenters. The second-order valence-corrected chi connectivity index (χ2v) is 9.32. The Morgan fingerprint density at radius 3 is 2.72 bits per heavy atom. The molecule has 7 nitrogen and oxygen atoms in total. The number of benzene rings is 2. The van der Waals surface area contributed by atoms with Crippen molar-refractivity contribution in [3.05, 3.63) is 58.1 Å². The van der Waals surface area contributed by atoms with Gasteiger partial charge in [0.25, 0.3) is 5.91 Å². The molecule has 156 valence electrons. The number of rotatable bonds is 7. The molecular weight excluding hydrogens is 439 g/mol. The lowest BCUT2D eigenvalue weighted by atomic mass is 10.2. The molecule has 0 aromatic heterocycles. The molecule has 1 unspecified atom stereocenters. The summed E-state index contributed by atoms with van der Waals surface area (Å²) in [6.07, 6.45) is -0.419. The Morgan fingerprint density at radius 2 is 2.00 bits per heavy atom. The topological polar surface area (TPSA) is 95.9 Å². The van der Waals surface area contributed by atoms with E-state index in [0.717, 1.165) is 0 Å². The summed E-state index contributed by atoms with van der Waals surface area (Å²) in [5, 5.41) is 13.3. The molecular formula is C19H20Cl2N2O5S. The van der Waals surface area contributed by atoms with Gasteiger partial charge in [0, 0.05) is 18.7 Å². The van der Waals surface area contributed by atoms with Crippen molar-refractivity contribution in [1.82, 2.24) is 5.32 Å². The van der Waals surface area contributed by atoms with E-state index in [0.29, 0.717) is 35.0 Å². The van der Waals surface area contributed by atoms with E-state index in [4.69, 9.17) is 27.9 Å². The van der Waals surface area contributed by atoms with Crippen molar-refractivity contribution in [3.8, 4) is 5.75 Å².